The zero-order chi connectivity index (χ0) is 17.6. The highest BCUT2D eigenvalue weighted by Crippen LogP contribution is 2.24. The lowest BCUT2D eigenvalue weighted by atomic mass is 9.96. The second-order valence-electron chi connectivity index (χ2n) is 6.72. The van der Waals surface area contributed by atoms with Gasteiger partial charge in [-0.2, -0.15) is 0 Å². The van der Waals surface area contributed by atoms with Gasteiger partial charge in [-0.1, -0.05) is 30.3 Å². The van der Waals surface area contributed by atoms with Crippen LogP contribution in [0.1, 0.15) is 42.1 Å². The van der Waals surface area contributed by atoms with Crippen LogP contribution in [0.25, 0.3) is 0 Å². The van der Waals surface area contributed by atoms with E-state index in [1.807, 2.05) is 41.8 Å². The van der Waals surface area contributed by atoms with Crippen LogP contribution in [-0.2, 0) is 5.75 Å². The van der Waals surface area contributed by atoms with E-state index in [0.717, 1.165) is 37.1 Å². The van der Waals surface area contributed by atoms with E-state index in [0.29, 0.717) is 0 Å². The molecule has 1 saturated heterocycles. The molecular weight excluding hydrogens is 364 g/mol. The fourth-order valence-electron chi connectivity index (χ4n) is 3.35. The number of nitrogens with zero attached hydrogens (tertiary/aromatic N) is 1. The lowest BCUT2D eigenvalue weighted by Crippen LogP contribution is -2.51. The largest absolute Gasteiger partial charge is 0.334 e. The number of piperidine rings is 1. The molecule has 2 aromatic rings. The highest BCUT2D eigenvalue weighted by molar-refractivity contribution is 7.98. The van der Waals surface area contributed by atoms with Crippen LogP contribution < -0.4 is 5.73 Å². The molecule has 0 aromatic heterocycles. The van der Waals surface area contributed by atoms with E-state index < -0.39 is 0 Å². The molecule has 1 fully saturated rings. The third kappa shape index (κ3) is 5.26. The quantitative estimate of drug-likeness (QED) is 0.750. The SMILES string of the molecule is CC(N)C1CCCCN1C(=O)c1ccc(CSc2ccccc2)cc1.Cl. The van der Waals surface area contributed by atoms with Gasteiger partial charge in [-0.15, -0.1) is 24.2 Å². The van der Waals surface area contributed by atoms with Crippen LogP contribution in [0.3, 0.4) is 0 Å². The molecule has 1 amide bonds. The number of thioether (sulfide) groups is 1. The molecule has 0 saturated carbocycles. The second kappa shape index (κ2) is 10.0. The molecule has 0 aliphatic carbocycles. The minimum Gasteiger partial charge on any atom is -0.334 e. The molecule has 1 heterocycles. The number of hydrogen-bond donors (Lipinski definition) is 1. The Kier molecular flexibility index (Phi) is 8.01. The molecule has 0 spiro atoms. The Morgan fingerprint density at radius 3 is 2.50 bits per heavy atom. The van der Waals surface area contributed by atoms with E-state index in [2.05, 4.69) is 36.4 Å². The summed E-state index contributed by atoms with van der Waals surface area (Å²) < 4.78 is 0. The molecule has 2 aromatic carbocycles. The first-order chi connectivity index (χ1) is 12.1. The standard InChI is InChI=1S/C21H26N2OS.ClH/c1-16(22)20-9-5-6-14-23(20)21(24)18-12-10-17(11-13-18)15-25-19-7-3-2-4-8-19;/h2-4,7-8,10-13,16,20H,5-6,9,14-15,22H2,1H3;1H. The Morgan fingerprint density at radius 1 is 1.15 bits per heavy atom. The van der Waals surface area contributed by atoms with Crippen molar-refractivity contribution in [1.29, 1.82) is 0 Å². The monoisotopic (exact) mass is 390 g/mol. The minimum absolute atomic E-state index is 0. The number of carbonyl (C=O) groups excluding carboxylic acids is 1. The van der Waals surface area contributed by atoms with Gasteiger partial charge in [-0.3, -0.25) is 4.79 Å². The predicted molar refractivity (Wildman–Crippen MR) is 112 cm³/mol. The molecule has 3 nitrogen and oxygen atoms in total. The average molecular weight is 391 g/mol. The smallest absolute Gasteiger partial charge is 0.254 e. The summed E-state index contributed by atoms with van der Waals surface area (Å²) in [5.41, 5.74) is 8.09. The number of likely N-dealkylation sites (tertiary alicyclic amines) is 1. The van der Waals surface area contributed by atoms with Crippen molar-refractivity contribution < 1.29 is 4.79 Å². The summed E-state index contributed by atoms with van der Waals surface area (Å²) in [6.07, 6.45) is 3.24. The number of hydrogen-bond acceptors (Lipinski definition) is 3. The van der Waals surface area contributed by atoms with Crippen molar-refractivity contribution >= 4 is 30.1 Å². The van der Waals surface area contributed by atoms with Gasteiger partial charge in [0.2, 0.25) is 0 Å². The van der Waals surface area contributed by atoms with Gasteiger partial charge in [0.25, 0.3) is 5.91 Å². The van der Waals surface area contributed by atoms with Gasteiger partial charge in [0.15, 0.2) is 0 Å². The van der Waals surface area contributed by atoms with Crippen molar-refractivity contribution in [2.45, 2.75) is 48.9 Å². The molecule has 3 rings (SSSR count). The number of nitrogens with two attached hydrogens (primary N) is 1. The van der Waals surface area contributed by atoms with E-state index in [-0.39, 0.29) is 30.4 Å². The fraction of sp³-hybridized carbons (Fsp3) is 0.381. The molecule has 26 heavy (non-hydrogen) atoms. The fourth-order valence-corrected chi connectivity index (χ4v) is 4.22. The van der Waals surface area contributed by atoms with Gasteiger partial charge in [0.05, 0.1) is 0 Å². The number of benzene rings is 2. The van der Waals surface area contributed by atoms with Gasteiger partial charge < -0.3 is 10.6 Å². The van der Waals surface area contributed by atoms with E-state index >= 15 is 0 Å². The first kappa shape index (κ1) is 20.8. The molecule has 1 aliphatic heterocycles. The van der Waals surface area contributed by atoms with Crippen molar-refractivity contribution in [1.82, 2.24) is 4.90 Å². The summed E-state index contributed by atoms with van der Waals surface area (Å²) in [5.74, 6) is 1.02. The second-order valence-corrected chi connectivity index (χ2v) is 7.77. The summed E-state index contributed by atoms with van der Waals surface area (Å²) >= 11 is 1.81. The predicted octanol–water partition coefficient (Wildman–Crippen LogP) is 4.74. The average Bonchev–Trinajstić information content (AvgIpc) is 2.67. The van der Waals surface area contributed by atoms with Crippen molar-refractivity contribution in [3.05, 3.63) is 65.7 Å². The maximum absolute atomic E-state index is 12.9. The van der Waals surface area contributed by atoms with E-state index in [4.69, 9.17) is 5.73 Å². The van der Waals surface area contributed by atoms with Gasteiger partial charge >= 0.3 is 0 Å². The third-order valence-corrected chi connectivity index (χ3v) is 5.85. The molecule has 0 bridgehead atoms. The molecular formula is C21H27ClN2OS. The molecule has 2 N–H and O–H groups in total. The summed E-state index contributed by atoms with van der Waals surface area (Å²) in [6, 6.07) is 18.6. The lowest BCUT2D eigenvalue weighted by Gasteiger charge is -2.38. The number of carbonyl (C=O) groups is 1. The summed E-state index contributed by atoms with van der Waals surface area (Å²) in [4.78, 5) is 16.1. The van der Waals surface area contributed by atoms with Crippen LogP contribution in [0.2, 0.25) is 0 Å². The van der Waals surface area contributed by atoms with Gasteiger partial charge in [-0.25, -0.2) is 0 Å². The van der Waals surface area contributed by atoms with Gasteiger partial charge in [0.1, 0.15) is 0 Å². The zero-order valence-electron chi connectivity index (χ0n) is 15.1. The van der Waals surface area contributed by atoms with Crippen LogP contribution in [-0.4, -0.2) is 29.4 Å². The molecule has 5 heteroatoms. The first-order valence-electron chi connectivity index (χ1n) is 8.98. The van der Waals surface area contributed by atoms with Crippen molar-refractivity contribution in [2.24, 2.45) is 5.73 Å². The molecule has 2 atom stereocenters. The Morgan fingerprint density at radius 2 is 1.85 bits per heavy atom. The Balaban J connectivity index is 0.00000243. The summed E-state index contributed by atoms with van der Waals surface area (Å²) in [7, 11) is 0. The Bertz CT molecular complexity index is 691. The van der Waals surface area contributed by atoms with Crippen LogP contribution in [0.4, 0.5) is 0 Å². The molecule has 1 aliphatic rings. The molecule has 140 valence electrons. The Hall–Kier alpha value is -1.49. The van der Waals surface area contributed by atoms with E-state index in [9.17, 15) is 4.79 Å². The summed E-state index contributed by atoms with van der Waals surface area (Å²) in [5, 5.41) is 0. The molecule has 2 unspecified atom stereocenters. The van der Waals surface area contributed by atoms with Crippen LogP contribution in [0.15, 0.2) is 59.5 Å². The number of halogens is 1. The van der Waals surface area contributed by atoms with E-state index in [1.165, 1.54) is 10.5 Å². The lowest BCUT2D eigenvalue weighted by molar-refractivity contribution is 0.0584. The molecule has 0 radical (unpaired) electrons. The number of amides is 1. The van der Waals surface area contributed by atoms with Gasteiger partial charge in [0, 0.05) is 34.8 Å². The van der Waals surface area contributed by atoms with Crippen LogP contribution in [0, 0.1) is 0 Å². The van der Waals surface area contributed by atoms with Crippen molar-refractivity contribution in [3.8, 4) is 0 Å². The van der Waals surface area contributed by atoms with Crippen LogP contribution >= 0.6 is 24.2 Å². The maximum atomic E-state index is 12.9. The van der Waals surface area contributed by atoms with Crippen molar-refractivity contribution in [2.75, 3.05) is 6.54 Å². The normalized spacial score (nSPS) is 18.1. The Labute approximate surface area is 166 Å². The first-order valence-corrected chi connectivity index (χ1v) is 9.97. The minimum atomic E-state index is 0. The highest BCUT2D eigenvalue weighted by Gasteiger charge is 2.29. The summed E-state index contributed by atoms with van der Waals surface area (Å²) in [6.45, 7) is 2.82. The zero-order valence-corrected chi connectivity index (χ0v) is 16.8. The van der Waals surface area contributed by atoms with Crippen LogP contribution in [0.5, 0.6) is 0 Å². The third-order valence-electron chi connectivity index (χ3n) is 4.77. The maximum Gasteiger partial charge on any atom is 0.254 e. The van der Waals surface area contributed by atoms with Gasteiger partial charge in [-0.05, 0) is 56.0 Å². The van der Waals surface area contributed by atoms with Crippen molar-refractivity contribution in [3.63, 3.8) is 0 Å². The number of rotatable bonds is 5. The van der Waals surface area contributed by atoms with E-state index in [1.54, 1.807) is 0 Å². The topological polar surface area (TPSA) is 46.3 Å². The highest BCUT2D eigenvalue weighted by atomic mass is 35.5.